The zero-order valence-corrected chi connectivity index (χ0v) is 15.6. The van der Waals surface area contributed by atoms with Crippen LogP contribution in [0.2, 0.25) is 0 Å². The van der Waals surface area contributed by atoms with Gasteiger partial charge in [-0.25, -0.2) is 0 Å². The molecular formula is C17H35N5O. The number of hydrogen-bond acceptors (Lipinski definition) is 3. The smallest absolute Gasteiger partial charge is 0.222 e. The molecule has 1 atom stereocenters. The number of carbonyl (C=O) groups is 1. The fourth-order valence-electron chi connectivity index (χ4n) is 2.92. The molecule has 1 amide bonds. The number of amides is 1. The third kappa shape index (κ3) is 6.77. The second-order valence-corrected chi connectivity index (χ2v) is 6.51. The summed E-state index contributed by atoms with van der Waals surface area (Å²) in [5.74, 6) is 1.80. The van der Waals surface area contributed by atoms with Gasteiger partial charge in [0.05, 0.1) is 0 Å². The minimum atomic E-state index is 0.0359. The van der Waals surface area contributed by atoms with Crippen LogP contribution < -0.4 is 10.6 Å². The van der Waals surface area contributed by atoms with Crippen LogP contribution in [0.1, 0.15) is 34.1 Å². The van der Waals surface area contributed by atoms with E-state index >= 15 is 0 Å². The minimum absolute atomic E-state index is 0.0359. The Bertz CT molecular complexity index is 379. The summed E-state index contributed by atoms with van der Waals surface area (Å²) in [6, 6.07) is 0. The Kier molecular flexibility index (Phi) is 8.99. The molecule has 0 aliphatic carbocycles. The van der Waals surface area contributed by atoms with Crippen molar-refractivity contribution in [1.82, 2.24) is 20.4 Å². The Hall–Kier alpha value is -1.30. The van der Waals surface area contributed by atoms with Gasteiger partial charge in [0.25, 0.3) is 0 Å². The molecule has 6 heteroatoms. The lowest BCUT2D eigenvalue weighted by atomic mass is 10.1. The highest BCUT2D eigenvalue weighted by molar-refractivity contribution is 5.80. The fourth-order valence-corrected chi connectivity index (χ4v) is 2.92. The lowest BCUT2D eigenvalue weighted by Crippen LogP contribution is -2.44. The number of nitrogens with one attached hydrogen (secondary N) is 2. The van der Waals surface area contributed by atoms with Gasteiger partial charge in [-0.15, -0.1) is 0 Å². The molecule has 2 N–H and O–H groups in total. The molecule has 1 aliphatic heterocycles. The average molecular weight is 326 g/mol. The van der Waals surface area contributed by atoms with Crippen molar-refractivity contribution in [2.45, 2.75) is 34.1 Å². The SMILES string of the molecule is CCN(CC)CC1CCN(C(=NC)NCCNC(=O)C(C)C)C1. The second kappa shape index (κ2) is 10.5. The zero-order valence-electron chi connectivity index (χ0n) is 15.6. The van der Waals surface area contributed by atoms with E-state index in [0.717, 1.165) is 32.1 Å². The molecule has 134 valence electrons. The van der Waals surface area contributed by atoms with Crippen LogP contribution in [0, 0.1) is 11.8 Å². The predicted octanol–water partition coefficient (Wildman–Crippen LogP) is 0.998. The molecule has 0 aromatic rings. The van der Waals surface area contributed by atoms with Crippen molar-refractivity contribution in [2.24, 2.45) is 16.8 Å². The van der Waals surface area contributed by atoms with Crippen LogP contribution in [0.3, 0.4) is 0 Å². The van der Waals surface area contributed by atoms with Crippen molar-refractivity contribution in [3.63, 3.8) is 0 Å². The zero-order chi connectivity index (χ0) is 17.2. The first-order valence-electron chi connectivity index (χ1n) is 8.97. The topological polar surface area (TPSA) is 60.0 Å². The van der Waals surface area contributed by atoms with Crippen LogP contribution in [0.15, 0.2) is 4.99 Å². The molecule has 0 radical (unpaired) electrons. The normalized spacial score (nSPS) is 18.8. The van der Waals surface area contributed by atoms with Crippen molar-refractivity contribution >= 4 is 11.9 Å². The Labute approximate surface area is 141 Å². The maximum absolute atomic E-state index is 11.5. The third-order valence-electron chi connectivity index (χ3n) is 4.44. The Balaban J connectivity index is 2.32. The van der Waals surface area contributed by atoms with E-state index in [-0.39, 0.29) is 11.8 Å². The van der Waals surface area contributed by atoms with Crippen LogP contribution in [0.25, 0.3) is 0 Å². The first-order chi connectivity index (χ1) is 11.0. The highest BCUT2D eigenvalue weighted by Crippen LogP contribution is 2.17. The number of nitrogens with zero attached hydrogens (tertiary/aromatic N) is 3. The van der Waals surface area contributed by atoms with E-state index in [9.17, 15) is 4.79 Å². The molecule has 1 saturated heterocycles. The molecule has 1 fully saturated rings. The maximum Gasteiger partial charge on any atom is 0.222 e. The highest BCUT2D eigenvalue weighted by Gasteiger charge is 2.25. The summed E-state index contributed by atoms with van der Waals surface area (Å²) in [7, 11) is 1.83. The van der Waals surface area contributed by atoms with Crippen LogP contribution >= 0.6 is 0 Å². The van der Waals surface area contributed by atoms with Gasteiger partial charge in [-0.05, 0) is 25.4 Å². The molecule has 0 saturated carbocycles. The van der Waals surface area contributed by atoms with E-state index in [1.54, 1.807) is 0 Å². The van der Waals surface area contributed by atoms with Crippen LogP contribution in [0.5, 0.6) is 0 Å². The van der Waals surface area contributed by atoms with E-state index in [2.05, 4.69) is 39.3 Å². The van der Waals surface area contributed by atoms with Crippen molar-refractivity contribution in [1.29, 1.82) is 0 Å². The standard InChI is InChI=1S/C17H35N5O/c1-6-21(7-2)12-15-8-11-22(13-15)17(18-5)20-10-9-19-16(23)14(3)4/h14-15H,6-13H2,1-5H3,(H,18,20)(H,19,23). The molecule has 1 heterocycles. The van der Waals surface area contributed by atoms with E-state index in [1.165, 1.54) is 13.0 Å². The summed E-state index contributed by atoms with van der Waals surface area (Å²) in [5, 5.41) is 6.28. The highest BCUT2D eigenvalue weighted by atomic mass is 16.1. The number of guanidine groups is 1. The molecule has 1 rings (SSSR count). The van der Waals surface area contributed by atoms with Crippen LogP contribution in [-0.4, -0.2) is 74.5 Å². The van der Waals surface area contributed by atoms with Crippen molar-refractivity contribution in [2.75, 3.05) is 52.9 Å². The monoisotopic (exact) mass is 325 g/mol. The minimum Gasteiger partial charge on any atom is -0.354 e. The molecule has 0 bridgehead atoms. The number of hydrogen-bond donors (Lipinski definition) is 2. The number of rotatable bonds is 8. The third-order valence-corrected chi connectivity index (χ3v) is 4.44. The van der Waals surface area contributed by atoms with Crippen molar-refractivity contribution < 1.29 is 4.79 Å². The molecule has 1 unspecified atom stereocenters. The molecule has 0 aromatic heterocycles. The van der Waals surface area contributed by atoms with Crippen LogP contribution in [-0.2, 0) is 4.79 Å². The lowest BCUT2D eigenvalue weighted by Gasteiger charge is -2.24. The molecule has 6 nitrogen and oxygen atoms in total. The second-order valence-electron chi connectivity index (χ2n) is 6.51. The Morgan fingerprint density at radius 1 is 1.26 bits per heavy atom. The van der Waals surface area contributed by atoms with E-state index in [0.29, 0.717) is 19.0 Å². The number of carbonyl (C=O) groups excluding carboxylic acids is 1. The summed E-state index contributed by atoms with van der Waals surface area (Å²) in [6.45, 7) is 15.1. The van der Waals surface area contributed by atoms with Gasteiger partial charge in [0.2, 0.25) is 5.91 Å². The Morgan fingerprint density at radius 2 is 1.91 bits per heavy atom. The van der Waals surface area contributed by atoms with E-state index in [1.807, 2.05) is 20.9 Å². The number of likely N-dealkylation sites (tertiary alicyclic amines) is 1. The molecule has 0 aromatic carbocycles. The lowest BCUT2D eigenvalue weighted by molar-refractivity contribution is -0.123. The van der Waals surface area contributed by atoms with Gasteiger partial charge in [0, 0.05) is 45.7 Å². The van der Waals surface area contributed by atoms with Crippen molar-refractivity contribution in [3.05, 3.63) is 0 Å². The van der Waals surface area contributed by atoms with E-state index in [4.69, 9.17) is 0 Å². The van der Waals surface area contributed by atoms with E-state index < -0.39 is 0 Å². The van der Waals surface area contributed by atoms with Gasteiger partial charge in [-0.1, -0.05) is 27.7 Å². The molecule has 23 heavy (non-hydrogen) atoms. The fraction of sp³-hybridized carbons (Fsp3) is 0.882. The van der Waals surface area contributed by atoms with Gasteiger partial charge >= 0.3 is 0 Å². The molecule has 1 aliphatic rings. The summed E-state index contributed by atoms with van der Waals surface area (Å²) in [5.41, 5.74) is 0. The van der Waals surface area contributed by atoms with Gasteiger partial charge < -0.3 is 20.4 Å². The van der Waals surface area contributed by atoms with Gasteiger partial charge in [0.15, 0.2) is 5.96 Å². The Morgan fingerprint density at radius 3 is 2.48 bits per heavy atom. The van der Waals surface area contributed by atoms with Gasteiger partial charge in [-0.3, -0.25) is 9.79 Å². The molecule has 0 spiro atoms. The number of aliphatic imine (C=N–C) groups is 1. The summed E-state index contributed by atoms with van der Waals surface area (Å²) < 4.78 is 0. The van der Waals surface area contributed by atoms with Gasteiger partial charge in [-0.2, -0.15) is 0 Å². The quantitative estimate of drug-likeness (QED) is 0.397. The average Bonchev–Trinajstić information content (AvgIpc) is 3.00. The summed E-state index contributed by atoms with van der Waals surface area (Å²) in [4.78, 5) is 20.7. The first-order valence-corrected chi connectivity index (χ1v) is 8.97. The maximum atomic E-state index is 11.5. The van der Waals surface area contributed by atoms with Crippen molar-refractivity contribution in [3.8, 4) is 0 Å². The van der Waals surface area contributed by atoms with Crippen LogP contribution in [0.4, 0.5) is 0 Å². The molecular weight excluding hydrogens is 290 g/mol. The largest absolute Gasteiger partial charge is 0.354 e. The van der Waals surface area contributed by atoms with Gasteiger partial charge in [0.1, 0.15) is 0 Å². The first kappa shape index (κ1) is 19.7. The summed E-state index contributed by atoms with van der Waals surface area (Å²) in [6.07, 6.45) is 1.22. The predicted molar refractivity (Wildman–Crippen MR) is 96.7 cm³/mol. The summed E-state index contributed by atoms with van der Waals surface area (Å²) >= 11 is 0.